The molecule has 1 N–H and O–H groups in total. The van der Waals surface area contributed by atoms with Gasteiger partial charge in [0, 0.05) is 16.4 Å². The summed E-state index contributed by atoms with van der Waals surface area (Å²) >= 11 is 0. The van der Waals surface area contributed by atoms with Crippen LogP contribution in [-0.4, -0.2) is 38.7 Å². The maximum atomic E-state index is 12.7. The summed E-state index contributed by atoms with van der Waals surface area (Å²) in [6.45, 7) is 11.4. The lowest BCUT2D eigenvalue weighted by molar-refractivity contribution is 0.198. The Morgan fingerprint density at radius 1 is 1.09 bits per heavy atom. The predicted octanol–water partition coefficient (Wildman–Crippen LogP) is 4.96. The van der Waals surface area contributed by atoms with E-state index in [2.05, 4.69) is 4.90 Å². The first-order valence-electron chi connectivity index (χ1n) is 8.44. The van der Waals surface area contributed by atoms with E-state index < -0.39 is 20.3 Å². The molecule has 0 aromatic heterocycles. The molecule has 0 aliphatic heterocycles. The number of rotatable bonds is 5. The summed E-state index contributed by atoms with van der Waals surface area (Å²) < 4.78 is 25.4. The molecule has 0 spiro atoms. The number of hydrogen-bond acceptors (Lipinski definition) is 3. The molecule has 0 heterocycles. The zero-order valence-electron chi connectivity index (χ0n) is 15.2. The van der Waals surface area contributed by atoms with E-state index in [9.17, 15) is 14.0 Å². The lowest BCUT2D eigenvalue weighted by Crippen LogP contribution is -2.40. The van der Waals surface area contributed by atoms with E-state index in [0.29, 0.717) is 12.3 Å². The molecule has 1 fully saturated rings. The van der Waals surface area contributed by atoms with Crippen molar-refractivity contribution in [1.29, 1.82) is 0 Å². The fourth-order valence-corrected chi connectivity index (χ4v) is 5.27. The topological polar surface area (TPSA) is 57.6 Å². The smallest absolute Gasteiger partial charge is 0.219 e. The maximum absolute atomic E-state index is 12.7. The minimum absolute atomic E-state index is 0.174. The summed E-state index contributed by atoms with van der Waals surface area (Å²) in [7, 11) is -5.13. The lowest BCUT2D eigenvalue weighted by Gasteiger charge is -2.39. The Kier molecular flexibility index (Phi) is 6.97. The third kappa shape index (κ3) is 5.78. The second kappa shape index (κ2) is 7.51. The van der Waals surface area contributed by atoms with Crippen molar-refractivity contribution in [3.8, 4) is 0 Å². The molecule has 1 rings (SSSR count). The number of nitrogens with zero attached hydrogens (tertiary/aromatic N) is 1. The van der Waals surface area contributed by atoms with Crippen LogP contribution in [0.3, 0.4) is 0 Å². The summed E-state index contributed by atoms with van der Waals surface area (Å²) in [4.78, 5) is 12.6. The van der Waals surface area contributed by atoms with Crippen molar-refractivity contribution < 1.29 is 14.0 Å². The second-order valence-corrected chi connectivity index (χ2v) is 14.4. The standard InChI is InChI=1S/C16H35NO3P2/c1-15(2,3)21(18)12-17(14-10-8-7-9-11-14)13-22(19,20)16(4,5)6/h14,21H,7-13H2,1-6H3,(H,19,20). The molecule has 132 valence electrons. The Hall–Kier alpha value is 0.380. The van der Waals surface area contributed by atoms with Crippen molar-refractivity contribution in [2.75, 3.05) is 12.6 Å². The molecule has 1 aliphatic carbocycles. The average Bonchev–Trinajstić information content (AvgIpc) is 2.36. The molecule has 6 heteroatoms. The Labute approximate surface area is 137 Å². The molecule has 22 heavy (non-hydrogen) atoms. The SMILES string of the molecule is CC(C)(C)[PH](=O)CN(CP(=O)(O)C(C)(C)C)C1CCCCC1. The Morgan fingerprint density at radius 2 is 1.59 bits per heavy atom. The molecular weight excluding hydrogens is 316 g/mol. The van der Waals surface area contributed by atoms with Crippen LogP contribution in [0.4, 0.5) is 0 Å². The molecule has 0 saturated heterocycles. The van der Waals surface area contributed by atoms with Crippen molar-refractivity contribution >= 4 is 15.2 Å². The summed E-state index contributed by atoms with van der Waals surface area (Å²) in [5.41, 5.74) is 0. The van der Waals surface area contributed by atoms with Crippen molar-refractivity contribution in [1.82, 2.24) is 4.90 Å². The summed E-state index contributed by atoms with van der Waals surface area (Å²) in [5.74, 6) is 0. The third-order valence-electron chi connectivity index (χ3n) is 4.70. The van der Waals surface area contributed by atoms with Gasteiger partial charge in [0.05, 0.1) is 20.4 Å². The quantitative estimate of drug-likeness (QED) is 0.711. The van der Waals surface area contributed by atoms with Crippen LogP contribution in [0.25, 0.3) is 0 Å². The van der Waals surface area contributed by atoms with Gasteiger partial charge in [-0.15, -0.1) is 0 Å². The molecule has 0 amide bonds. The van der Waals surface area contributed by atoms with E-state index >= 15 is 0 Å². The van der Waals surface area contributed by atoms with Gasteiger partial charge in [0.25, 0.3) is 0 Å². The Bertz CT molecular complexity index is 432. The zero-order chi connectivity index (χ0) is 17.2. The van der Waals surface area contributed by atoms with Gasteiger partial charge in [-0.3, -0.25) is 9.46 Å². The first-order valence-corrected chi connectivity index (χ1v) is 11.9. The van der Waals surface area contributed by atoms with E-state index in [-0.39, 0.29) is 11.4 Å². The van der Waals surface area contributed by atoms with E-state index in [4.69, 9.17) is 0 Å². The average molecular weight is 351 g/mol. The van der Waals surface area contributed by atoms with Crippen molar-refractivity contribution in [2.24, 2.45) is 0 Å². The van der Waals surface area contributed by atoms with Gasteiger partial charge in [-0.1, -0.05) is 60.8 Å². The molecule has 1 aliphatic rings. The molecule has 0 bridgehead atoms. The highest BCUT2D eigenvalue weighted by Crippen LogP contribution is 2.55. The fraction of sp³-hybridized carbons (Fsp3) is 1.00. The number of hydrogen-bond donors (Lipinski definition) is 1. The molecule has 4 nitrogen and oxygen atoms in total. The highest BCUT2D eigenvalue weighted by Gasteiger charge is 2.39. The van der Waals surface area contributed by atoms with E-state index in [1.165, 1.54) is 19.3 Å². The molecular formula is C16H35NO3P2. The summed E-state index contributed by atoms with van der Waals surface area (Å²) in [5, 5.41) is -0.851. The normalized spacial score (nSPS) is 22.5. The van der Waals surface area contributed by atoms with Crippen LogP contribution >= 0.6 is 15.2 Å². The first kappa shape index (κ1) is 20.4. The van der Waals surface area contributed by atoms with Gasteiger partial charge in [0.15, 0.2) is 0 Å². The highest BCUT2D eigenvalue weighted by molar-refractivity contribution is 7.59. The van der Waals surface area contributed by atoms with Crippen molar-refractivity contribution in [3.05, 3.63) is 0 Å². The molecule has 0 radical (unpaired) electrons. The van der Waals surface area contributed by atoms with Crippen LogP contribution in [0.2, 0.25) is 0 Å². The van der Waals surface area contributed by atoms with Gasteiger partial charge >= 0.3 is 0 Å². The minimum atomic E-state index is -3.30. The maximum Gasteiger partial charge on any atom is 0.219 e. The van der Waals surface area contributed by atoms with Crippen LogP contribution in [0, 0.1) is 0 Å². The monoisotopic (exact) mass is 351 g/mol. The first-order chi connectivity index (χ1) is 9.84. The molecule has 2 unspecified atom stereocenters. The summed E-state index contributed by atoms with van der Waals surface area (Å²) in [6, 6.07) is 0.313. The van der Waals surface area contributed by atoms with Crippen molar-refractivity contribution in [3.63, 3.8) is 0 Å². The highest BCUT2D eigenvalue weighted by atomic mass is 31.2. The van der Waals surface area contributed by atoms with Gasteiger partial charge in [0.1, 0.15) is 0 Å². The fourth-order valence-electron chi connectivity index (χ4n) is 2.62. The minimum Gasteiger partial charge on any atom is -0.343 e. The largest absolute Gasteiger partial charge is 0.343 e. The van der Waals surface area contributed by atoms with Gasteiger partial charge in [-0.25, -0.2) is 0 Å². The van der Waals surface area contributed by atoms with Gasteiger partial charge in [-0.05, 0) is 12.8 Å². The van der Waals surface area contributed by atoms with Gasteiger partial charge < -0.3 is 9.46 Å². The van der Waals surface area contributed by atoms with Gasteiger partial charge in [-0.2, -0.15) is 0 Å². The molecule has 0 aromatic rings. The van der Waals surface area contributed by atoms with Crippen LogP contribution in [-0.2, 0) is 9.13 Å². The predicted molar refractivity (Wildman–Crippen MR) is 96.8 cm³/mol. The molecule has 2 atom stereocenters. The molecule has 0 aromatic carbocycles. The molecule has 1 saturated carbocycles. The Morgan fingerprint density at radius 3 is 2.00 bits per heavy atom. The lowest BCUT2D eigenvalue weighted by atomic mass is 9.95. The van der Waals surface area contributed by atoms with E-state index in [1.54, 1.807) is 0 Å². The second-order valence-electron chi connectivity index (χ2n) is 8.73. The van der Waals surface area contributed by atoms with E-state index in [1.807, 2.05) is 41.5 Å². The summed E-state index contributed by atoms with van der Waals surface area (Å²) in [6.07, 6.45) is 6.35. The van der Waals surface area contributed by atoms with Crippen LogP contribution in [0.1, 0.15) is 73.6 Å². The van der Waals surface area contributed by atoms with Crippen LogP contribution < -0.4 is 0 Å². The third-order valence-corrected chi connectivity index (χ3v) is 9.91. The van der Waals surface area contributed by atoms with Crippen LogP contribution in [0.15, 0.2) is 0 Å². The van der Waals surface area contributed by atoms with Crippen LogP contribution in [0.5, 0.6) is 0 Å². The van der Waals surface area contributed by atoms with E-state index in [0.717, 1.165) is 12.8 Å². The Balaban J connectivity index is 2.91. The van der Waals surface area contributed by atoms with Gasteiger partial charge in [0.2, 0.25) is 7.37 Å². The zero-order valence-corrected chi connectivity index (χ0v) is 17.1. The van der Waals surface area contributed by atoms with Crippen molar-refractivity contribution in [2.45, 2.75) is 90.0 Å².